The molecule has 0 saturated carbocycles. The van der Waals surface area contributed by atoms with E-state index in [0.717, 1.165) is 16.1 Å². The van der Waals surface area contributed by atoms with Gasteiger partial charge in [-0.3, -0.25) is 13.9 Å². The minimum absolute atomic E-state index is 0.136. The molecule has 2 amide bonds. The maximum atomic E-state index is 14.0. The van der Waals surface area contributed by atoms with Gasteiger partial charge < -0.3 is 15.0 Å². The molecular weight excluding hydrogens is 585 g/mol. The molecule has 1 N–H and O–H groups in total. The summed E-state index contributed by atoms with van der Waals surface area (Å²) in [6.07, 6.45) is 1.15. The number of carbonyl (C=O) groups excluding carboxylic acids is 2. The molecule has 0 aliphatic heterocycles. The molecule has 3 aromatic carbocycles. The van der Waals surface area contributed by atoms with Crippen LogP contribution in [0.5, 0.6) is 5.75 Å². The van der Waals surface area contributed by atoms with Gasteiger partial charge in [-0.05, 0) is 35.9 Å². The van der Waals surface area contributed by atoms with E-state index >= 15 is 0 Å². The first-order chi connectivity index (χ1) is 18.5. The second-order valence-electron chi connectivity index (χ2n) is 8.63. The minimum atomic E-state index is -3.95. The van der Waals surface area contributed by atoms with Gasteiger partial charge in [-0.2, -0.15) is 0 Å². The molecule has 12 heteroatoms. The highest BCUT2D eigenvalue weighted by molar-refractivity contribution is 7.92. The summed E-state index contributed by atoms with van der Waals surface area (Å²) in [5.74, 6) is -0.737. The number of hydrogen-bond acceptors (Lipinski definition) is 5. The van der Waals surface area contributed by atoms with Crippen LogP contribution in [-0.4, -0.2) is 58.1 Å². The van der Waals surface area contributed by atoms with Crippen molar-refractivity contribution in [1.29, 1.82) is 0 Å². The van der Waals surface area contributed by atoms with Crippen LogP contribution in [-0.2, 0) is 32.6 Å². The molecule has 0 saturated heterocycles. The first-order valence-electron chi connectivity index (χ1n) is 11.7. The lowest BCUT2D eigenvalue weighted by Gasteiger charge is -2.33. The van der Waals surface area contributed by atoms with Crippen LogP contribution < -0.4 is 14.4 Å². The van der Waals surface area contributed by atoms with E-state index in [1.807, 2.05) is 30.3 Å². The third-order valence-corrected chi connectivity index (χ3v) is 8.15. The molecule has 0 fully saturated rings. The number of nitrogens with one attached hydrogen (secondary N) is 1. The molecule has 3 aromatic rings. The molecule has 0 spiro atoms. The predicted octanol–water partition coefficient (Wildman–Crippen LogP) is 4.81. The number of anilines is 1. The second kappa shape index (κ2) is 13.4. The lowest BCUT2D eigenvalue weighted by Crippen LogP contribution is -2.53. The zero-order valence-electron chi connectivity index (χ0n) is 21.5. The minimum Gasteiger partial charge on any atom is -0.495 e. The maximum absolute atomic E-state index is 14.0. The summed E-state index contributed by atoms with van der Waals surface area (Å²) in [5.41, 5.74) is 1.39. The summed E-state index contributed by atoms with van der Waals surface area (Å²) >= 11 is 19.1. The van der Waals surface area contributed by atoms with Crippen LogP contribution in [0, 0.1) is 0 Å². The van der Waals surface area contributed by atoms with Crippen molar-refractivity contribution in [2.45, 2.75) is 19.0 Å². The van der Waals surface area contributed by atoms with Crippen molar-refractivity contribution < 1.29 is 22.7 Å². The van der Waals surface area contributed by atoms with Crippen molar-refractivity contribution in [2.24, 2.45) is 0 Å². The van der Waals surface area contributed by atoms with Crippen molar-refractivity contribution in [3.05, 3.63) is 92.9 Å². The van der Waals surface area contributed by atoms with E-state index in [-0.39, 0.29) is 23.7 Å². The zero-order valence-corrected chi connectivity index (χ0v) is 24.6. The van der Waals surface area contributed by atoms with Crippen LogP contribution in [0.4, 0.5) is 5.69 Å². The maximum Gasteiger partial charge on any atom is 0.244 e. The van der Waals surface area contributed by atoms with Crippen LogP contribution in [0.2, 0.25) is 15.1 Å². The van der Waals surface area contributed by atoms with Gasteiger partial charge in [0.05, 0.1) is 24.1 Å². The smallest absolute Gasteiger partial charge is 0.244 e. The molecule has 8 nitrogen and oxygen atoms in total. The first kappa shape index (κ1) is 30.6. The number of halogens is 3. The van der Waals surface area contributed by atoms with Gasteiger partial charge in [-0.15, -0.1) is 0 Å². The molecule has 0 radical (unpaired) electrons. The van der Waals surface area contributed by atoms with Gasteiger partial charge >= 0.3 is 0 Å². The van der Waals surface area contributed by atoms with Gasteiger partial charge in [0.2, 0.25) is 21.8 Å². The topological polar surface area (TPSA) is 96.0 Å². The highest BCUT2D eigenvalue weighted by Crippen LogP contribution is 2.31. The lowest BCUT2D eigenvalue weighted by molar-refractivity contribution is -0.139. The molecule has 39 heavy (non-hydrogen) atoms. The van der Waals surface area contributed by atoms with Crippen molar-refractivity contribution >= 4 is 62.3 Å². The summed E-state index contributed by atoms with van der Waals surface area (Å²) in [6.45, 7) is -0.741. The van der Waals surface area contributed by atoms with E-state index in [9.17, 15) is 18.0 Å². The highest BCUT2D eigenvalue weighted by atomic mass is 35.5. The summed E-state index contributed by atoms with van der Waals surface area (Å²) in [6, 6.07) is 17.5. The fourth-order valence-electron chi connectivity index (χ4n) is 4.00. The average molecular weight is 613 g/mol. The number of amides is 2. The number of ether oxygens (including phenoxy) is 1. The van der Waals surface area contributed by atoms with Gasteiger partial charge in [-0.1, -0.05) is 71.2 Å². The number of hydrogen-bond donors (Lipinski definition) is 1. The average Bonchev–Trinajstić information content (AvgIpc) is 2.90. The summed E-state index contributed by atoms with van der Waals surface area (Å²) in [7, 11) is -1.05. The van der Waals surface area contributed by atoms with Crippen molar-refractivity contribution in [3.8, 4) is 5.75 Å². The largest absolute Gasteiger partial charge is 0.495 e. The third kappa shape index (κ3) is 7.79. The van der Waals surface area contributed by atoms with Gasteiger partial charge in [0.1, 0.15) is 18.3 Å². The van der Waals surface area contributed by atoms with Crippen LogP contribution in [0.25, 0.3) is 0 Å². The predicted molar refractivity (Wildman–Crippen MR) is 155 cm³/mol. The molecule has 0 heterocycles. The van der Waals surface area contributed by atoms with E-state index in [1.54, 1.807) is 18.2 Å². The number of methoxy groups -OCH3 is 1. The van der Waals surface area contributed by atoms with Gasteiger partial charge in [0, 0.05) is 35.6 Å². The van der Waals surface area contributed by atoms with Crippen LogP contribution in [0.15, 0.2) is 66.7 Å². The van der Waals surface area contributed by atoms with Crippen molar-refractivity contribution in [3.63, 3.8) is 0 Å². The Balaban J connectivity index is 2.08. The van der Waals surface area contributed by atoms with E-state index in [4.69, 9.17) is 39.5 Å². The number of likely N-dealkylation sites (N-methyl/N-ethyl adjacent to an activating group) is 1. The fourth-order valence-corrected chi connectivity index (χ4v) is 5.61. The zero-order chi connectivity index (χ0) is 28.7. The SMILES string of the molecule is CNC(=O)[C@@H](Cc1ccccc1)N(Cc1c(Cl)cccc1Cl)C(=O)CN(c1ccc(OC)c(Cl)c1)S(C)(=O)=O. The number of carbonyl (C=O) groups is 2. The summed E-state index contributed by atoms with van der Waals surface area (Å²) in [5, 5.41) is 3.39. The van der Waals surface area contributed by atoms with E-state index in [1.165, 1.54) is 37.3 Å². The quantitative estimate of drug-likeness (QED) is 0.335. The normalized spacial score (nSPS) is 11.9. The number of benzene rings is 3. The highest BCUT2D eigenvalue weighted by Gasteiger charge is 2.33. The molecule has 1 atom stereocenters. The Morgan fingerprint density at radius 3 is 2.13 bits per heavy atom. The Morgan fingerprint density at radius 1 is 0.949 bits per heavy atom. The number of nitrogens with zero attached hydrogens (tertiary/aromatic N) is 2. The monoisotopic (exact) mass is 611 g/mol. The van der Waals surface area contributed by atoms with E-state index in [2.05, 4.69) is 5.32 Å². The number of rotatable bonds is 11. The Bertz CT molecular complexity index is 1420. The Morgan fingerprint density at radius 2 is 1.59 bits per heavy atom. The number of sulfonamides is 1. The lowest BCUT2D eigenvalue weighted by atomic mass is 10.0. The van der Waals surface area contributed by atoms with Crippen LogP contribution >= 0.6 is 34.8 Å². The molecule has 208 valence electrons. The third-order valence-electron chi connectivity index (χ3n) is 6.01. The van der Waals surface area contributed by atoms with E-state index < -0.39 is 34.4 Å². The Labute approximate surface area is 243 Å². The van der Waals surface area contributed by atoms with Crippen molar-refractivity contribution in [1.82, 2.24) is 10.2 Å². The molecular formula is C27H28Cl3N3O5S. The van der Waals surface area contributed by atoms with Crippen LogP contribution in [0.3, 0.4) is 0 Å². The van der Waals surface area contributed by atoms with Gasteiger partial charge in [-0.25, -0.2) is 8.42 Å². The van der Waals surface area contributed by atoms with Crippen molar-refractivity contribution in [2.75, 3.05) is 31.3 Å². The fraction of sp³-hybridized carbons (Fsp3) is 0.259. The molecule has 0 bridgehead atoms. The molecule has 0 unspecified atom stereocenters. The molecule has 0 aromatic heterocycles. The van der Waals surface area contributed by atoms with E-state index in [0.29, 0.717) is 21.4 Å². The second-order valence-corrected chi connectivity index (χ2v) is 11.8. The Hall–Kier alpha value is -2.98. The Kier molecular flexibility index (Phi) is 10.5. The van der Waals surface area contributed by atoms with Gasteiger partial charge in [0.25, 0.3) is 0 Å². The molecule has 3 rings (SSSR count). The first-order valence-corrected chi connectivity index (χ1v) is 14.7. The summed E-state index contributed by atoms with van der Waals surface area (Å²) < 4.78 is 31.7. The summed E-state index contributed by atoms with van der Waals surface area (Å²) in [4.78, 5) is 28.4. The van der Waals surface area contributed by atoms with Gasteiger partial charge in [0.15, 0.2) is 0 Å². The van der Waals surface area contributed by atoms with Crippen LogP contribution in [0.1, 0.15) is 11.1 Å². The molecule has 0 aliphatic rings. The standard InChI is InChI=1S/C27H28Cl3N3O5S/c1-31-27(35)24(14-18-8-5-4-6-9-18)32(16-20-21(28)10-7-11-22(20)29)26(34)17-33(39(3,36)37)19-12-13-25(38-2)23(30)15-19/h4-13,15,24H,14,16-17H2,1-3H3,(H,31,35)/t24-/m1/s1. The molecule has 0 aliphatic carbocycles.